The maximum absolute atomic E-state index is 12.7. The molecule has 3 heterocycles. The number of hydrogen-bond acceptors (Lipinski definition) is 3. The Morgan fingerprint density at radius 2 is 1.73 bits per heavy atom. The molecule has 0 unspecified atom stereocenters. The molecule has 5 nitrogen and oxygen atoms in total. The van der Waals surface area contributed by atoms with Gasteiger partial charge in [0, 0.05) is 30.9 Å². The van der Waals surface area contributed by atoms with Crippen molar-refractivity contribution in [2.45, 2.75) is 12.8 Å². The molecule has 1 saturated heterocycles. The first-order valence-electron chi connectivity index (χ1n) is 8.93. The highest BCUT2D eigenvalue weighted by Gasteiger charge is 2.22. The van der Waals surface area contributed by atoms with E-state index in [1.54, 1.807) is 16.8 Å². The lowest BCUT2D eigenvalue weighted by atomic mass is 10.1. The monoisotopic (exact) mass is 342 g/mol. The summed E-state index contributed by atoms with van der Waals surface area (Å²) in [5.41, 5.74) is 3.14. The molecule has 1 fully saturated rings. The van der Waals surface area contributed by atoms with Crippen LogP contribution in [0.25, 0.3) is 27.7 Å². The van der Waals surface area contributed by atoms with Gasteiger partial charge in [0.2, 0.25) is 0 Å². The first kappa shape index (κ1) is 15.1. The molecule has 1 aliphatic rings. The average molecular weight is 342 g/mol. The molecule has 0 bridgehead atoms. The van der Waals surface area contributed by atoms with Crippen LogP contribution in [0.15, 0.2) is 60.8 Å². The van der Waals surface area contributed by atoms with Gasteiger partial charge in [-0.15, -0.1) is 0 Å². The van der Waals surface area contributed by atoms with E-state index >= 15 is 0 Å². The summed E-state index contributed by atoms with van der Waals surface area (Å²) in [6.07, 6.45) is 3.91. The third-order valence-corrected chi connectivity index (χ3v) is 5.02. The third kappa shape index (κ3) is 2.44. The highest BCUT2D eigenvalue weighted by Crippen LogP contribution is 2.25. The molecule has 0 atom stereocenters. The van der Waals surface area contributed by atoms with E-state index in [9.17, 15) is 4.79 Å². The molecule has 0 spiro atoms. The molecule has 0 saturated carbocycles. The normalized spacial score (nSPS) is 14.4. The van der Waals surface area contributed by atoms with Crippen LogP contribution in [-0.4, -0.2) is 38.5 Å². The van der Waals surface area contributed by atoms with Crippen molar-refractivity contribution in [2.24, 2.45) is 0 Å². The number of carbonyl (C=O) groups is 1. The standard InChI is InChI=1S/C21H18N4O/c26-21(24-11-3-4-12-24)18-14-20-22-10-9-19(25(20)23-18)17-8-7-15-5-1-2-6-16(15)13-17/h1-2,5-10,13-14H,3-4,11-12H2. The first-order valence-corrected chi connectivity index (χ1v) is 8.93. The van der Waals surface area contributed by atoms with Gasteiger partial charge in [0.15, 0.2) is 11.3 Å². The zero-order valence-corrected chi connectivity index (χ0v) is 14.3. The third-order valence-electron chi connectivity index (χ3n) is 5.02. The van der Waals surface area contributed by atoms with Gasteiger partial charge in [-0.2, -0.15) is 5.10 Å². The van der Waals surface area contributed by atoms with Crippen LogP contribution < -0.4 is 0 Å². The summed E-state index contributed by atoms with van der Waals surface area (Å²) < 4.78 is 1.77. The molecule has 1 amide bonds. The predicted octanol–water partition coefficient (Wildman–Crippen LogP) is 3.79. The van der Waals surface area contributed by atoms with E-state index in [1.165, 1.54) is 10.8 Å². The van der Waals surface area contributed by atoms with E-state index in [0.29, 0.717) is 11.3 Å². The zero-order valence-electron chi connectivity index (χ0n) is 14.3. The van der Waals surface area contributed by atoms with Crippen LogP contribution in [-0.2, 0) is 0 Å². The molecule has 0 aliphatic carbocycles. The Morgan fingerprint density at radius 3 is 2.58 bits per heavy atom. The lowest BCUT2D eigenvalue weighted by Gasteiger charge is -2.12. The highest BCUT2D eigenvalue weighted by atomic mass is 16.2. The molecule has 2 aromatic carbocycles. The number of hydrogen-bond donors (Lipinski definition) is 0. The number of amides is 1. The van der Waals surface area contributed by atoms with Crippen molar-refractivity contribution in [1.82, 2.24) is 19.5 Å². The molecule has 1 aliphatic heterocycles. The number of benzene rings is 2. The van der Waals surface area contributed by atoms with Gasteiger partial charge in [0.25, 0.3) is 5.91 Å². The van der Waals surface area contributed by atoms with Crippen molar-refractivity contribution in [1.29, 1.82) is 0 Å². The second-order valence-corrected chi connectivity index (χ2v) is 6.69. The van der Waals surface area contributed by atoms with Gasteiger partial charge in [-0.3, -0.25) is 4.79 Å². The Balaban J connectivity index is 1.62. The molecule has 5 rings (SSSR count). The van der Waals surface area contributed by atoms with E-state index in [1.807, 2.05) is 23.1 Å². The van der Waals surface area contributed by atoms with Crippen LogP contribution in [0.1, 0.15) is 23.3 Å². The first-order chi connectivity index (χ1) is 12.8. The molecular formula is C21H18N4O. The fourth-order valence-corrected chi connectivity index (χ4v) is 3.65. The maximum Gasteiger partial charge on any atom is 0.274 e. The molecule has 26 heavy (non-hydrogen) atoms. The summed E-state index contributed by atoms with van der Waals surface area (Å²) in [4.78, 5) is 18.9. The minimum absolute atomic E-state index is 0.00235. The number of aromatic nitrogens is 3. The summed E-state index contributed by atoms with van der Waals surface area (Å²) in [5.74, 6) is -0.00235. The van der Waals surface area contributed by atoms with Gasteiger partial charge in [0.05, 0.1) is 5.69 Å². The molecule has 5 heteroatoms. The fourth-order valence-electron chi connectivity index (χ4n) is 3.65. The van der Waals surface area contributed by atoms with Gasteiger partial charge >= 0.3 is 0 Å². The molecule has 4 aromatic rings. The Bertz CT molecular complexity index is 1130. The molecule has 0 radical (unpaired) electrons. The Hall–Kier alpha value is -3.21. The summed E-state index contributed by atoms with van der Waals surface area (Å²) in [7, 11) is 0. The fraction of sp³-hybridized carbons (Fsp3) is 0.190. The van der Waals surface area contributed by atoms with Crippen LogP contribution in [0.4, 0.5) is 0 Å². The van der Waals surface area contributed by atoms with E-state index in [0.717, 1.165) is 37.2 Å². The number of fused-ring (bicyclic) bond motifs is 2. The predicted molar refractivity (Wildman–Crippen MR) is 101 cm³/mol. The smallest absolute Gasteiger partial charge is 0.274 e. The molecule has 0 N–H and O–H groups in total. The summed E-state index contributed by atoms with van der Waals surface area (Å²) in [6.45, 7) is 1.63. The van der Waals surface area contributed by atoms with Crippen LogP contribution >= 0.6 is 0 Å². The summed E-state index contributed by atoms with van der Waals surface area (Å²) in [5, 5.41) is 6.95. The van der Waals surface area contributed by atoms with Crippen molar-refractivity contribution in [2.75, 3.05) is 13.1 Å². The van der Waals surface area contributed by atoms with E-state index in [2.05, 4.69) is 40.4 Å². The van der Waals surface area contributed by atoms with Gasteiger partial charge in [-0.05, 0) is 35.7 Å². The molecule has 2 aromatic heterocycles. The second kappa shape index (κ2) is 5.95. The van der Waals surface area contributed by atoms with Gasteiger partial charge < -0.3 is 4.90 Å². The topological polar surface area (TPSA) is 50.5 Å². The van der Waals surface area contributed by atoms with Crippen molar-refractivity contribution in [3.05, 3.63) is 66.5 Å². The summed E-state index contributed by atoms with van der Waals surface area (Å²) in [6, 6.07) is 18.3. The maximum atomic E-state index is 12.7. The van der Waals surface area contributed by atoms with Crippen molar-refractivity contribution in [3.8, 4) is 11.3 Å². The summed E-state index contributed by atoms with van der Waals surface area (Å²) >= 11 is 0. The Labute approximate surface area is 150 Å². The SMILES string of the molecule is O=C(c1cc2nccc(-c3ccc4ccccc4c3)n2n1)N1CCCC1. The average Bonchev–Trinajstić information content (AvgIpc) is 3.36. The largest absolute Gasteiger partial charge is 0.337 e. The van der Waals surface area contributed by atoms with Gasteiger partial charge in [0.1, 0.15) is 0 Å². The molecule has 128 valence electrons. The van der Waals surface area contributed by atoms with E-state index in [4.69, 9.17) is 0 Å². The minimum atomic E-state index is -0.00235. The minimum Gasteiger partial charge on any atom is -0.337 e. The van der Waals surface area contributed by atoms with Gasteiger partial charge in [-0.1, -0.05) is 36.4 Å². The number of nitrogens with zero attached hydrogens (tertiary/aromatic N) is 4. The van der Waals surface area contributed by atoms with Crippen LogP contribution in [0.2, 0.25) is 0 Å². The van der Waals surface area contributed by atoms with Crippen LogP contribution in [0, 0.1) is 0 Å². The number of carbonyl (C=O) groups excluding carboxylic acids is 1. The van der Waals surface area contributed by atoms with E-state index in [-0.39, 0.29) is 5.91 Å². The van der Waals surface area contributed by atoms with Crippen LogP contribution in [0.3, 0.4) is 0 Å². The quantitative estimate of drug-likeness (QED) is 0.557. The Kier molecular flexibility index (Phi) is 3.45. The van der Waals surface area contributed by atoms with Crippen molar-refractivity contribution < 1.29 is 4.79 Å². The number of likely N-dealkylation sites (tertiary alicyclic amines) is 1. The number of rotatable bonds is 2. The second-order valence-electron chi connectivity index (χ2n) is 6.69. The lowest BCUT2D eigenvalue weighted by Crippen LogP contribution is -2.27. The Morgan fingerprint density at radius 1 is 0.923 bits per heavy atom. The van der Waals surface area contributed by atoms with E-state index < -0.39 is 0 Å². The van der Waals surface area contributed by atoms with Gasteiger partial charge in [-0.25, -0.2) is 9.50 Å². The molecular weight excluding hydrogens is 324 g/mol. The van der Waals surface area contributed by atoms with Crippen LogP contribution in [0.5, 0.6) is 0 Å². The van der Waals surface area contributed by atoms with Crippen molar-refractivity contribution in [3.63, 3.8) is 0 Å². The lowest BCUT2D eigenvalue weighted by molar-refractivity contribution is 0.0786. The zero-order chi connectivity index (χ0) is 17.5. The highest BCUT2D eigenvalue weighted by molar-refractivity contribution is 5.94. The van der Waals surface area contributed by atoms with Crippen molar-refractivity contribution >= 4 is 22.3 Å².